The second-order valence-corrected chi connectivity index (χ2v) is 9.58. The molecule has 3 aliphatic rings. The Labute approximate surface area is 180 Å². The number of nitrogens with zero attached hydrogens (tertiary/aromatic N) is 2. The van der Waals surface area contributed by atoms with Gasteiger partial charge in [-0.2, -0.15) is 0 Å². The quantitative estimate of drug-likeness (QED) is 0.722. The molecule has 1 atom stereocenters. The molecule has 2 aliphatic heterocycles. The molecule has 1 saturated carbocycles. The molecule has 2 amide bonds. The molecule has 5 heteroatoms. The summed E-state index contributed by atoms with van der Waals surface area (Å²) in [4.78, 5) is 29.4. The van der Waals surface area contributed by atoms with Crippen LogP contribution in [0.15, 0.2) is 24.3 Å². The number of piperidine rings is 2. The van der Waals surface area contributed by atoms with Crippen LogP contribution in [0, 0.1) is 17.8 Å². The molecule has 4 rings (SSSR count). The van der Waals surface area contributed by atoms with Crippen molar-refractivity contribution >= 4 is 11.8 Å². The molecule has 2 heterocycles. The SMILES string of the molecule is CC1CCN(C(=O)c2ccc(OC[C@H]3CCCN(C(=O)C4CCCC4)C3)cc2)CC1. The molecule has 0 radical (unpaired) electrons. The second-order valence-electron chi connectivity index (χ2n) is 9.58. The molecule has 1 aliphatic carbocycles. The lowest BCUT2D eigenvalue weighted by atomic mass is 9.96. The molecule has 0 bridgehead atoms. The third-order valence-electron chi connectivity index (χ3n) is 7.19. The summed E-state index contributed by atoms with van der Waals surface area (Å²) in [6.07, 6.45) is 8.89. The summed E-state index contributed by atoms with van der Waals surface area (Å²) >= 11 is 0. The first-order valence-electron chi connectivity index (χ1n) is 11.9. The third kappa shape index (κ3) is 5.16. The van der Waals surface area contributed by atoms with Crippen LogP contribution >= 0.6 is 0 Å². The second kappa shape index (κ2) is 9.84. The minimum atomic E-state index is 0.127. The van der Waals surface area contributed by atoms with Crippen LogP contribution in [0.2, 0.25) is 0 Å². The Morgan fingerprint density at radius 2 is 1.60 bits per heavy atom. The van der Waals surface area contributed by atoms with Crippen molar-refractivity contribution in [1.29, 1.82) is 0 Å². The number of amides is 2. The monoisotopic (exact) mass is 412 g/mol. The van der Waals surface area contributed by atoms with Gasteiger partial charge in [0.1, 0.15) is 5.75 Å². The number of carbonyl (C=O) groups excluding carboxylic acids is 2. The highest BCUT2D eigenvalue weighted by molar-refractivity contribution is 5.94. The largest absolute Gasteiger partial charge is 0.493 e. The Bertz CT molecular complexity index is 718. The van der Waals surface area contributed by atoms with E-state index in [-0.39, 0.29) is 11.8 Å². The average Bonchev–Trinajstić information content (AvgIpc) is 3.33. The zero-order chi connectivity index (χ0) is 20.9. The van der Waals surface area contributed by atoms with Crippen molar-refractivity contribution in [2.45, 2.75) is 58.3 Å². The summed E-state index contributed by atoms with van der Waals surface area (Å²) < 4.78 is 6.03. The molecule has 164 valence electrons. The van der Waals surface area contributed by atoms with E-state index in [1.54, 1.807) is 0 Å². The lowest BCUT2D eigenvalue weighted by Crippen LogP contribution is -2.43. The Hall–Kier alpha value is -2.04. The first-order valence-corrected chi connectivity index (χ1v) is 11.9. The average molecular weight is 413 g/mol. The van der Waals surface area contributed by atoms with E-state index in [2.05, 4.69) is 11.8 Å². The van der Waals surface area contributed by atoms with Gasteiger partial charge < -0.3 is 14.5 Å². The van der Waals surface area contributed by atoms with E-state index in [0.717, 1.165) is 76.0 Å². The number of rotatable bonds is 5. The van der Waals surface area contributed by atoms with Gasteiger partial charge in [0.05, 0.1) is 6.61 Å². The van der Waals surface area contributed by atoms with Gasteiger partial charge in [0, 0.05) is 43.6 Å². The van der Waals surface area contributed by atoms with E-state index < -0.39 is 0 Å². The summed E-state index contributed by atoms with van der Waals surface area (Å²) in [5, 5.41) is 0. The van der Waals surface area contributed by atoms with E-state index in [1.807, 2.05) is 29.2 Å². The maximum absolute atomic E-state index is 12.7. The maximum Gasteiger partial charge on any atom is 0.253 e. The fourth-order valence-electron chi connectivity index (χ4n) is 5.13. The van der Waals surface area contributed by atoms with Crippen LogP contribution in [-0.2, 0) is 4.79 Å². The number of carbonyl (C=O) groups is 2. The minimum absolute atomic E-state index is 0.127. The molecule has 1 aromatic carbocycles. The number of benzene rings is 1. The van der Waals surface area contributed by atoms with Crippen LogP contribution in [0.4, 0.5) is 0 Å². The van der Waals surface area contributed by atoms with Crippen molar-refractivity contribution in [2.75, 3.05) is 32.8 Å². The molecule has 0 N–H and O–H groups in total. The van der Waals surface area contributed by atoms with Gasteiger partial charge in [0.15, 0.2) is 0 Å². The maximum atomic E-state index is 12.7. The van der Waals surface area contributed by atoms with Gasteiger partial charge in [-0.25, -0.2) is 0 Å². The van der Waals surface area contributed by atoms with Gasteiger partial charge >= 0.3 is 0 Å². The van der Waals surface area contributed by atoms with E-state index in [4.69, 9.17) is 4.74 Å². The summed E-state index contributed by atoms with van der Waals surface area (Å²) in [6, 6.07) is 7.58. The standard InChI is InChI=1S/C25H36N2O3/c1-19-12-15-26(16-13-19)24(28)22-8-10-23(11-9-22)30-18-20-5-4-14-27(17-20)25(29)21-6-2-3-7-21/h8-11,19-21H,2-7,12-18H2,1H3/t20-/m0/s1. The summed E-state index contributed by atoms with van der Waals surface area (Å²) in [7, 11) is 0. The number of hydrogen-bond acceptors (Lipinski definition) is 3. The van der Waals surface area contributed by atoms with Crippen molar-refractivity contribution in [3.8, 4) is 5.75 Å². The smallest absolute Gasteiger partial charge is 0.253 e. The molecule has 3 fully saturated rings. The first kappa shape index (κ1) is 21.2. The van der Waals surface area contributed by atoms with Crippen LogP contribution in [-0.4, -0.2) is 54.4 Å². The van der Waals surface area contributed by atoms with Crippen LogP contribution in [0.1, 0.15) is 68.6 Å². The van der Waals surface area contributed by atoms with Gasteiger partial charge in [-0.05, 0) is 68.7 Å². The first-order chi connectivity index (χ1) is 14.6. The summed E-state index contributed by atoms with van der Waals surface area (Å²) in [6.45, 7) is 6.32. The Morgan fingerprint density at radius 3 is 2.30 bits per heavy atom. The van der Waals surface area contributed by atoms with Crippen molar-refractivity contribution in [2.24, 2.45) is 17.8 Å². The molecule has 0 spiro atoms. The van der Waals surface area contributed by atoms with Gasteiger partial charge in [-0.15, -0.1) is 0 Å². The fourth-order valence-corrected chi connectivity index (χ4v) is 5.13. The van der Waals surface area contributed by atoms with Crippen molar-refractivity contribution in [3.63, 3.8) is 0 Å². The van der Waals surface area contributed by atoms with Crippen molar-refractivity contribution in [3.05, 3.63) is 29.8 Å². The van der Waals surface area contributed by atoms with Crippen LogP contribution in [0.25, 0.3) is 0 Å². The zero-order valence-corrected chi connectivity index (χ0v) is 18.4. The normalized spacial score (nSPS) is 23.6. The Balaban J connectivity index is 1.25. The highest BCUT2D eigenvalue weighted by Gasteiger charge is 2.30. The van der Waals surface area contributed by atoms with Crippen LogP contribution < -0.4 is 4.74 Å². The summed E-state index contributed by atoms with van der Waals surface area (Å²) in [5.74, 6) is 2.67. The van der Waals surface area contributed by atoms with Gasteiger partial charge in [-0.1, -0.05) is 19.8 Å². The minimum Gasteiger partial charge on any atom is -0.493 e. The van der Waals surface area contributed by atoms with Crippen molar-refractivity contribution in [1.82, 2.24) is 9.80 Å². The van der Waals surface area contributed by atoms with Crippen LogP contribution in [0.3, 0.4) is 0 Å². The van der Waals surface area contributed by atoms with E-state index in [0.29, 0.717) is 24.3 Å². The van der Waals surface area contributed by atoms with E-state index >= 15 is 0 Å². The lowest BCUT2D eigenvalue weighted by Gasteiger charge is -2.34. The van der Waals surface area contributed by atoms with Gasteiger partial charge in [0.25, 0.3) is 5.91 Å². The number of ether oxygens (including phenoxy) is 1. The molecule has 5 nitrogen and oxygen atoms in total. The number of hydrogen-bond donors (Lipinski definition) is 0. The fraction of sp³-hybridized carbons (Fsp3) is 0.680. The van der Waals surface area contributed by atoms with Crippen LogP contribution in [0.5, 0.6) is 5.75 Å². The Kier molecular flexibility index (Phi) is 6.96. The third-order valence-corrected chi connectivity index (χ3v) is 7.19. The van der Waals surface area contributed by atoms with Crippen molar-refractivity contribution < 1.29 is 14.3 Å². The van der Waals surface area contributed by atoms with Gasteiger partial charge in [-0.3, -0.25) is 9.59 Å². The lowest BCUT2D eigenvalue weighted by molar-refractivity contribution is -0.137. The van der Waals surface area contributed by atoms with E-state index in [9.17, 15) is 9.59 Å². The Morgan fingerprint density at radius 1 is 0.900 bits per heavy atom. The molecule has 2 saturated heterocycles. The number of likely N-dealkylation sites (tertiary alicyclic amines) is 2. The molecular weight excluding hydrogens is 376 g/mol. The summed E-state index contributed by atoms with van der Waals surface area (Å²) in [5.41, 5.74) is 0.739. The highest BCUT2D eigenvalue weighted by atomic mass is 16.5. The molecular formula is C25H36N2O3. The molecule has 1 aromatic rings. The van der Waals surface area contributed by atoms with E-state index in [1.165, 1.54) is 12.8 Å². The predicted octanol–water partition coefficient (Wildman–Crippen LogP) is 4.37. The topological polar surface area (TPSA) is 49.9 Å². The van der Waals surface area contributed by atoms with Gasteiger partial charge in [0.2, 0.25) is 5.91 Å². The highest BCUT2D eigenvalue weighted by Crippen LogP contribution is 2.29. The molecule has 0 aromatic heterocycles. The molecule has 0 unspecified atom stereocenters. The zero-order valence-electron chi connectivity index (χ0n) is 18.4. The molecule has 30 heavy (non-hydrogen) atoms. The predicted molar refractivity (Wildman–Crippen MR) is 118 cm³/mol.